The Balaban J connectivity index is 2.00. The fourth-order valence-electron chi connectivity index (χ4n) is 1.97. The Morgan fingerprint density at radius 1 is 1.14 bits per heavy atom. The summed E-state index contributed by atoms with van der Waals surface area (Å²) in [6.07, 6.45) is 3.71. The molecule has 0 amide bonds. The van der Waals surface area contributed by atoms with Crippen LogP contribution in [-0.2, 0) is 0 Å². The number of ether oxygens (including phenoxy) is 1. The first-order chi connectivity index (χ1) is 9.95. The van der Waals surface area contributed by atoms with Gasteiger partial charge in [0.05, 0.1) is 11.9 Å². The van der Waals surface area contributed by atoms with Crippen LogP contribution in [0, 0.1) is 0 Å². The molecular weight excluding hydrogens is 276 g/mol. The lowest BCUT2D eigenvalue weighted by atomic mass is 10.1. The Kier molecular flexibility index (Phi) is 4.77. The molecule has 4 nitrogen and oxygen atoms in total. The van der Waals surface area contributed by atoms with E-state index in [9.17, 15) is 8.78 Å². The van der Waals surface area contributed by atoms with Crippen LogP contribution in [-0.4, -0.2) is 16.4 Å². The average Bonchev–Trinajstić information content (AvgIpc) is 2.87. The summed E-state index contributed by atoms with van der Waals surface area (Å²) in [5.74, 6) is 0.161. The van der Waals surface area contributed by atoms with Crippen LogP contribution in [0.4, 0.5) is 14.5 Å². The minimum atomic E-state index is -2.80. The number of rotatable bonds is 6. The maximum Gasteiger partial charge on any atom is 0.387 e. The van der Waals surface area contributed by atoms with Crippen LogP contribution in [0.15, 0.2) is 36.7 Å². The lowest BCUT2D eigenvalue weighted by Gasteiger charge is -2.15. The highest BCUT2D eigenvalue weighted by Gasteiger charge is 2.09. The smallest absolute Gasteiger partial charge is 0.387 e. The van der Waals surface area contributed by atoms with Crippen LogP contribution in [0.3, 0.4) is 0 Å². The van der Waals surface area contributed by atoms with E-state index in [1.54, 1.807) is 18.3 Å². The zero-order valence-corrected chi connectivity index (χ0v) is 12.3. The molecule has 21 heavy (non-hydrogen) atoms. The fourth-order valence-corrected chi connectivity index (χ4v) is 1.97. The van der Waals surface area contributed by atoms with Crippen LogP contribution >= 0.6 is 0 Å². The third-order valence-corrected chi connectivity index (χ3v) is 3.12. The van der Waals surface area contributed by atoms with E-state index < -0.39 is 6.61 Å². The van der Waals surface area contributed by atoms with Crippen molar-refractivity contribution in [1.29, 1.82) is 0 Å². The number of benzene rings is 1. The van der Waals surface area contributed by atoms with E-state index in [1.165, 1.54) is 12.1 Å². The number of nitrogens with zero attached hydrogens (tertiary/aromatic N) is 2. The van der Waals surface area contributed by atoms with Crippen LogP contribution in [0.25, 0.3) is 0 Å². The summed E-state index contributed by atoms with van der Waals surface area (Å²) in [5, 5.41) is 7.58. The van der Waals surface area contributed by atoms with Gasteiger partial charge in [-0.1, -0.05) is 12.1 Å². The topological polar surface area (TPSA) is 39.1 Å². The molecule has 0 fully saturated rings. The van der Waals surface area contributed by atoms with Gasteiger partial charge in [0.15, 0.2) is 0 Å². The molecule has 0 aliphatic rings. The molecule has 0 radical (unpaired) electrons. The predicted molar refractivity (Wildman–Crippen MR) is 77.7 cm³/mol. The minimum Gasteiger partial charge on any atom is -0.435 e. The van der Waals surface area contributed by atoms with Gasteiger partial charge in [0.25, 0.3) is 0 Å². The first kappa shape index (κ1) is 15.3. The summed E-state index contributed by atoms with van der Waals surface area (Å²) in [6.45, 7) is 3.31. The molecule has 0 aliphatic carbocycles. The van der Waals surface area contributed by atoms with Crippen LogP contribution in [0.1, 0.15) is 38.4 Å². The van der Waals surface area contributed by atoms with Gasteiger partial charge in [0.2, 0.25) is 0 Å². The van der Waals surface area contributed by atoms with Crippen molar-refractivity contribution in [3.63, 3.8) is 0 Å². The van der Waals surface area contributed by atoms with Crippen molar-refractivity contribution in [2.75, 3.05) is 5.32 Å². The Hall–Kier alpha value is -2.11. The maximum atomic E-state index is 12.1. The monoisotopic (exact) mass is 295 g/mol. The van der Waals surface area contributed by atoms with Crippen molar-refractivity contribution >= 4 is 5.69 Å². The molecule has 0 saturated carbocycles. The molecule has 0 aliphatic heterocycles. The number of aromatic nitrogens is 2. The van der Waals surface area contributed by atoms with E-state index in [1.807, 2.05) is 17.8 Å². The van der Waals surface area contributed by atoms with Crippen LogP contribution in [0.5, 0.6) is 5.75 Å². The molecular formula is C15H19F2N3O. The number of hydrogen-bond acceptors (Lipinski definition) is 3. The summed E-state index contributed by atoms with van der Waals surface area (Å²) in [4.78, 5) is 0. The zero-order chi connectivity index (χ0) is 15.4. The number of nitrogens with one attached hydrogen (secondary N) is 1. The maximum absolute atomic E-state index is 12.1. The third kappa shape index (κ3) is 4.18. The first-order valence-electron chi connectivity index (χ1n) is 6.81. The van der Waals surface area contributed by atoms with Gasteiger partial charge >= 0.3 is 6.61 Å². The molecule has 0 bridgehead atoms. The van der Waals surface area contributed by atoms with Crippen LogP contribution < -0.4 is 10.1 Å². The predicted octanol–water partition coefficient (Wildman–Crippen LogP) is 4.24. The molecule has 1 aromatic carbocycles. The standard InChI is InChI=1S/C15H19F2N3O/c1-10(2)20-9-13(8-18-20)19-11(3)12-4-6-14(7-5-12)21-15(16)17/h4-11,15,19H,1-3H3. The second-order valence-corrected chi connectivity index (χ2v) is 5.12. The van der Waals surface area contributed by atoms with Gasteiger partial charge < -0.3 is 10.1 Å². The fraction of sp³-hybridized carbons (Fsp3) is 0.400. The molecule has 1 heterocycles. The molecule has 6 heteroatoms. The Morgan fingerprint density at radius 3 is 2.33 bits per heavy atom. The van der Waals surface area contributed by atoms with Crippen molar-refractivity contribution in [1.82, 2.24) is 9.78 Å². The van der Waals surface area contributed by atoms with Gasteiger partial charge in [0, 0.05) is 18.3 Å². The summed E-state index contributed by atoms with van der Waals surface area (Å²) in [6, 6.07) is 6.95. The van der Waals surface area contributed by atoms with E-state index in [-0.39, 0.29) is 11.8 Å². The van der Waals surface area contributed by atoms with E-state index in [2.05, 4.69) is 29.0 Å². The van der Waals surface area contributed by atoms with Gasteiger partial charge in [0.1, 0.15) is 5.75 Å². The van der Waals surface area contributed by atoms with E-state index in [0.29, 0.717) is 6.04 Å². The average molecular weight is 295 g/mol. The van der Waals surface area contributed by atoms with Gasteiger partial charge in [-0.05, 0) is 38.5 Å². The summed E-state index contributed by atoms with van der Waals surface area (Å²) < 4.78 is 30.4. The lowest BCUT2D eigenvalue weighted by molar-refractivity contribution is -0.0498. The second-order valence-electron chi connectivity index (χ2n) is 5.12. The molecule has 2 rings (SSSR count). The van der Waals surface area contributed by atoms with E-state index in [0.717, 1.165) is 11.3 Å². The van der Waals surface area contributed by atoms with Crippen molar-refractivity contribution in [3.05, 3.63) is 42.2 Å². The molecule has 114 valence electrons. The lowest BCUT2D eigenvalue weighted by Crippen LogP contribution is -2.07. The summed E-state index contributed by atoms with van der Waals surface area (Å²) in [5.41, 5.74) is 1.90. The largest absolute Gasteiger partial charge is 0.435 e. The zero-order valence-electron chi connectivity index (χ0n) is 12.3. The molecule has 1 N–H and O–H groups in total. The highest BCUT2D eigenvalue weighted by molar-refractivity contribution is 5.42. The molecule has 0 spiro atoms. The molecule has 1 aromatic heterocycles. The molecule has 2 aromatic rings. The third-order valence-electron chi connectivity index (χ3n) is 3.12. The Bertz CT molecular complexity index is 567. The highest BCUT2D eigenvalue weighted by atomic mass is 19.3. The molecule has 1 unspecified atom stereocenters. The number of hydrogen-bond donors (Lipinski definition) is 1. The van der Waals surface area contributed by atoms with Crippen molar-refractivity contribution < 1.29 is 13.5 Å². The number of anilines is 1. The van der Waals surface area contributed by atoms with E-state index in [4.69, 9.17) is 0 Å². The normalized spacial score (nSPS) is 12.7. The van der Waals surface area contributed by atoms with Crippen molar-refractivity contribution in [2.45, 2.75) is 39.5 Å². The second kappa shape index (κ2) is 6.56. The number of alkyl halides is 2. The van der Waals surface area contributed by atoms with Gasteiger partial charge in [-0.2, -0.15) is 13.9 Å². The Labute approximate surface area is 122 Å². The Morgan fingerprint density at radius 2 is 1.81 bits per heavy atom. The minimum absolute atomic E-state index is 0.0374. The van der Waals surface area contributed by atoms with Crippen LogP contribution in [0.2, 0.25) is 0 Å². The van der Waals surface area contributed by atoms with Crippen molar-refractivity contribution in [2.24, 2.45) is 0 Å². The van der Waals surface area contributed by atoms with E-state index >= 15 is 0 Å². The van der Waals surface area contributed by atoms with Gasteiger partial charge in [-0.3, -0.25) is 4.68 Å². The first-order valence-corrected chi connectivity index (χ1v) is 6.81. The summed E-state index contributed by atoms with van der Waals surface area (Å²) >= 11 is 0. The SMILES string of the molecule is CC(Nc1cnn(C(C)C)c1)c1ccc(OC(F)F)cc1. The van der Waals surface area contributed by atoms with Gasteiger partial charge in [-0.15, -0.1) is 0 Å². The molecule has 1 atom stereocenters. The highest BCUT2D eigenvalue weighted by Crippen LogP contribution is 2.22. The van der Waals surface area contributed by atoms with Crippen molar-refractivity contribution in [3.8, 4) is 5.75 Å². The van der Waals surface area contributed by atoms with Gasteiger partial charge in [-0.25, -0.2) is 0 Å². The quantitative estimate of drug-likeness (QED) is 0.866. The summed E-state index contributed by atoms with van der Waals surface area (Å²) in [7, 11) is 0. The number of halogens is 2. The molecule has 0 saturated heterocycles.